The summed E-state index contributed by atoms with van der Waals surface area (Å²) in [5, 5.41) is 0. The van der Waals surface area contributed by atoms with E-state index >= 15 is 0 Å². The van der Waals surface area contributed by atoms with Crippen LogP contribution in [0.2, 0.25) is 0 Å². The number of imidazole rings is 1. The number of anilines is 2. The van der Waals surface area contributed by atoms with E-state index in [1.807, 2.05) is 64.4 Å². The first-order valence-corrected chi connectivity index (χ1v) is 10.4. The smallest absolute Gasteiger partial charge is 0.247 e. The first kappa shape index (κ1) is 18.6. The first-order chi connectivity index (χ1) is 14.7. The maximum absolute atomic E-state index is 13.7. The van der Waals surface area contributed by atoms with E-state index in [0.717, 1.165) is 36.2 Å². The fourth-order valence-electron chi connectivity index (χ4n) is 4.79. The third kappa shape index (κ3) is 3.28. The van der Waals surface area contributed by atoms with Crippen LogP contribution in [0.25, 0.3) is 0 Å². The van der Waals surface area contributed by atoms with Gasteiger partial charge in [0.15, 0.2) is 0 Å². The van der Waals surface area contributed by atoms with Gasteiger partial charge >= 0.3 is 0 Å². The number of amides is 2. The van der Waals surface area contributed by atoms with Crippen LogP contribution in [-0.4, -0.2) is 27.4 Å². The number of carbonyl (C=O) groups excluding carboxylic acids is 2. The number of hydrogen-bond acceptors (Lipinski definition) is 3. The Morgan fingerprint density at radius 3 is 2.53 bits per heavy atom. The molecule has 1 aliphatic heterocycles. The molecular formula is C24H24N4O2. The molecule has 152 valence electrons. The van der Waals surface area contributed by atoms with Gasteiger partial charge in [-0.25, -0.2) is 4.98 Å². The Morgan fingerprint density at radius 1 is 1.00 bits per heavy atom. The Kier molecular flexibility index (Phi) is 4.83. The summed E-state index contributed by atoms with van der Waals surface area (Å²) in [5.41, 5.74) is 2.70. The molecule has 2 aromatic carbocycles. The third-order valence-corrected chi connectivity index (χ3v) is 6.16. The van der Waals surface area contributed by atoms with Crippen molar-refractivity contribution in [2.24, 2.45) is 5.92 Å². The van der Waals surface area contributed by atoms with Gasteiger partial charge in [-0.1, -0.05) is 48.9 Å². The second-order valence-electron chi connectivity index (χ2n) is 8.00. The average Bonchev–Trinajstić information content (AvgIpc) is 3.44. The summed E-state index contributed by atoms with van der Waals surface area (Å²) in [6, 6.07) is 17.7. The van der Waals surface area contributed by atoms with Crippen molar-refractivity contribution in [2.45, 2.75) is 38.4 Å². The summed E-state index contributed by atoms with van der Waals surface area (Å²) in [6.45, 7) is 0.716. The summed E-state index contributed by atoms with van der Waals surface area (Å²) in [7, 11) is 0. The number of para-hydroxylation sites is 2. The van der Waals surface area contributed by atoms with Crippen molar-refractivity contribution < 1.29 is 9.59 Å². The molecule has 2 aliphatic rings. The third-order valence-electron chi connectivity index (χ3n) is 6.16. The van der Waals surface area contributed by atoms with Crippen LogP contribution < -0.4 is 9.80 Å². The zero-order chi connectivity index (χ0) is 20.5. The molecule has 0 N–H and O–H groups in total. The molecule has 6 nitrogen and oxygen atoms in total. The van der Waals surface area contributed by atoms with Gasteiger partial charge in [-0.15, -0.1) is 0 Å². The van der Waals surface area contributed by atoms with Gasteiger partial charge in [-0.05, 0) is 30.5 Å². The maximum atomic E-state index is 13.7. The number of carbonyl (C=O) groups is 2. The lowest BCUT2D eigenvalue weighted by Crippen LogP contribution is -2.46. The van der Waals surface area contributed by atoms with E-state index < -0.39 is 0 Å². The largest absolute Gasteiger partial charge is 0.328 e. The zero-order valence-electron chi connectivity index (χ0n) is 16.7. The highest BCUT2D eigenvalue weighted by Gasteiger charge is 2.45. The predicted octanol–water partition coefficient (Wildman–Crippen LogP) is 3.63. The number of hydrogen-bond donors (Lipinski definition) is 0. The molecule has 0 spiro atoms. The van der Waals surface area contributed by atoms with Crippen LogP contribution in [0.5, 0.6) is 0 Å². The van der Waals surface area contributed by atoms with Crippen LogP contribution in [0.4, 0.5) is 11.4 Å². The minimum absolute atomic E-state index is 0.00767. The molecule has 2 heterocycles. The second-order valence-corrected chi connectivity index (χ2v) is 8.00. The van der Waals surface area contributed by atoms with E-state index in [9.17, 15) is 9.59 Å². The van der Waals surface area contributed by atoms with Crippen LogP contribution in [0, 0.1) is 5.92 Å². The molecule has 0 bridgehead atoms. The summed E-state index contributed by atoms with van der Waals surface area (Å²) >= 11 is 0. The van der Waals surface area contributed by atoms with E-state index in [1.54, 1.807) is 23.3 Å². The Morgan fingerprint density at radius 2 is 1.77 bits per heavy atom. The van der Waals surface area contributed by atoms with Crippen LogP contribution in [0.1, 0.15) is 24.8 Å². The predicted molar refractivity (Wildman–Crippen MR) is 115 cm³/mol. The van der Waals surface area contributed by atoms with Gasteiger partial charge in [0.05, 0.1) is 30.2 Å². The number of fused-ring (bicyclic) bond motifs is 2. The Labute approximate surface area is 175 Å². The first-order valence-electron chi connectivity index (χ1n) is 10.4. The highest BCUT2D eigenvalue weighted by Crippen LogP contribution is 2.43. The molecule has 6 heteroatoms. The van der Waals surface area contributed by atoms with E-state index in [-0.39, 0.29) is 30.3 Å². The fraction of sp³-hybridized carbons (Fsp3) is 0.292. The normalized spacial score (nSPS) is 20.6. The van der Waals surface area contributed by atoms with E-state index in [1.165, 1.54) is 0 Å². The molecular weight excluding hydrogens is 376 g/mol. The zero-order valence-corrected chi connectivity index (χ0v) is 16.7. The van der Waals surface area contributed by atoms with Gasteiger partial charge in [0.25, 0.3) is 0 Å². The quantitative estimate of drug-likeness (QED) is 0.672. The van der Waals surface area contributed by atoms with Crippen LogP contribution >= 0.6 is 0 Å². The van der Waals surface area contributed by atoms with Crippen molar-refractivity contribution in [2.75, 3.05) is 9.80 Å². The van der Waals surface area contributed by atoms with E-state index in [4.69, 9.17) is 0 Å². The second kappa shape index (κ2) is 7.78. The number of nitrogens with zero attached hydrogens (tertiary/aromatic N) is 4. The van der Waals surface area contributed by atoms with Crippen molar-refractivity contribution in [3.8, 4) is 0 Å². The van der Waals surface area contributed by atoms with Crippen molar-refractivity contribution in [1.29, 1.82) is 0 Å². The summed E-state index contributed by atoms with van der Waals surface area (Å²) in [5.74, 6) is -0.0636. The molecule has 3 aromatic rings. The SMILES string of the molecule is O=C1C2CCCC2N(C(=O)Cn2ccnc2)c2ccccc2N1Cc1ccccc1. The average molecular weight is 400 g/mol. The molecule has 30 heavy (non-hydrogen) atoms. The lowest BCUT2D eigenvalue weighted by Gasteiger charge is -2.30. The van der Waals surface area contributed by atoms with Gasteiger partial charge in [0, 0.05) is 18.4 Å². The molecule has 1 fully saturated rings. The van der Waals surface area contributed by atoms with Crippen molar-refractivity contribution in [3.05, 3.63) is 78.9 Å². The molecule has 5 rings (SSSR count). The topological polar surface area (TPSA) is 58.4 Å². The summed E-state index contributed by atoms with van der Waals surface area (Å²) in [6.07, 6.45) is 7.74. The van der Waals surface area contributed by atoms with E-state index in [0.29, 0.717) is 6.54 Å². The van der Waals surface area contributed by atoms with Gasteiger partial charge in [0.1, 0.15) is 6.54 Å². The Bertz CT molecular complexity index is 1050. The standard InChI is InChI=1S/C24H24N4O2/c29-23(16-26-14-13-25-17-26)28-20-12-6-9-19(20)24(30)27(15-18-7-2-1-3-8-18)21-10-4-5-11-22(21)28/h1-5,7-8,10-11,13-14,17,19-20H,6,9,12,15-16H2. The van der Waals surface area contributed by atoms with E-state index in [2.05, 4.69) is 4.98 Å². The van der Waals surface area contributed by atoms with Gasteiger partial charge in [0.2, 0.25) is 11.8 Å². The van der Waals surface area contributed by atoms with Crippen LogP contribution in [-0.2, 0) is 22.7 Å². The minimum Gasteiger partial charge on any atom is -0.328 e. The molecule has 2 atom stereocenters. The van der Waals surface area contributed by atoms with Gasteiger partial charge < -0.3 is 14.4 Å². The molecule has 2 unspecified atom stereocenters. The van der Waals surface area contributed by atoms with Gasteiger partial charge in [-0.3, -0.25) is 9.59 Å². The highest BCUT2D eigenvalue weighted by molar-refractivity contribution is 6.06. The minimum atomic E-state index is -0.173. The Balaban J connectivity index is 1.58. The Hall–Kier alpha value is -3.41. The number of benzene rings is 2. The summed E-state index contributed by atoms with van der Waals surface area (Å²) < 4.78 is 1.78. The summed E-state index contributed by atoms with van der Waals surface area (Å²) in [4.78, 5) is 34.9. The lowest BCUT2D eigenvalue weighted by atomic mass is 10.0. The molecule has 1 aromatic heterocycles. The van der Waals surface area contributed by atoms with Crippen LogP contribution in [0.3, 0.4) is 0 Å². The van der Waals surface area contributed by atoms with Gasteiger partial charge in [-0.2, -0.15) is 0 Å². The molecule has 2 amide bonds. The monoisotopic (exact) mass is 400 g/mol. The number of rotatable bonds is 4. The van der Waals surface area contributed by atoms with Crippen molar-refractivity contribution in [3.63, 3.8) is 0 Å². The molecule has 1 aliphatic carbocycles. The molecule has 1 saturated carbocycles. The molecule has 0 radical (unpaired) electrons. The lowest BCUT2D eigenvalue weighted by molar-refractivity contribution is -0.123. The fourth-order valence-corrected chi connectivity index (χ4v) is 4.79. The van der Waals surface area contributed by atoms with Crippen molar-refractivity contribution >= 4 is 23.2 Å². The molecule has 0 saturated heterocycles. The maximum Gasteiger partial charge on any atom is 0.247 e. The highest BCUT2D eigenvalue weighted by atomic mass is 16.2. The van der Waals surface area contributed by atoms with Crippen molar-refractivity contribution in [1.82, 2.24) is 9.55 Å². The number of aromatic nitrogens is 2. The van der Waals surface area contributed by atoms with Crippen LogP contribution in [0.15, 0.2) is 73.3 Å².